The molecule has 1 atom stereocenters. The maximum atomic E-state index is 13.5. The van der Waals surface area contributed by atoms with Crippen molar-refractivity contribution in [2.24, 2.45) is 13.0 Å². The first-order valence-corrected chi connectivity index (χ1v) is 8.25. The van der Waals surface area contributed by atoms with Crippen molar-refractivity contribution in [3.8, 4) is 0 Å². The van der Waals surface area contributed by atoms with E-state index in [4.69, 9.17) is 11.6 Å². The summed E-state index contributed by atoms with van der Waals surface area (Å²) in [6.07, 6.45) is 2.65. The Hall–Kier alpha value is -2.48. The van der Waals surface area contributed by atoms with Gasteiger partial charge in [0.05, 0.1) is 0 Å². The van der Waals surface area contributed by atoms with Crippen LogP contribution < -0.4 is 5.32 Å². The van der Waals surface area contributed by atoms with Crippen molar-refractivity contribution in [2.45, 2.75) is 13.3 Å². The number of carbonyl (C=O) groups is 1. The highest BCUT2D eigenvalue weighted by molar-refractivity contribution is 6.30. The highest BCUT2D eigenvalue weighted by atomic mass is 35.5. The van der Waals surface area contributed by atoms with E-state index < -0.39 is 0 Å². The second kappa shape index (κ2) is 7.18. The van der Waals surface area contributed by atoms with Gasteiger partial charge in [0.1, 0.15) is 5.82 Å². The molecule has 0 spiro atoms. The molecule has 0 aliphatic carbocycles. The van der Waals surface area contributed by atoms with E-state index in [1.54, 1.807) is 18.0 Å². The molecule has 7 nitrogen and oxygen atoms in total. The Balaban J connectivity index is 1.67. The summed E-state index contributed by atoms with van der Waals surface area (Å²) in [4.78, 5) is 14.1. The number of hydrogen-bond donors (Lipinski definition) is 1. The van der Waals surface area contributed by atoms with E-state index in [2.05, 4.69) is 20.8 Å². The molecule has 0 radical (unpaired) electrons. The predicted octanol–water partition coefficient (Wildman–Crippen LogP) is 2.96. The molecule has 1 saturated heterocycles. The molecule has 2 amide bonds. The summed E-state index contributed by atoms with van der Waals surface area (Å²) < 4.78 is 14.9. The van der Waals surface area contributed by atoms with Gasteiger partial charge in [-0.25, -0.2) is 13.9 Å². The quantitative estimate of drug-likeness (QED) is 0.888. The molecule has 1 aromatic heterocycles. The Kier molecular flexibility index (Phi) is 4.98. The van der Waals surface area contributed by atoms with Gasteiger partial charge in [0, 0.05) is 25.2 Å². The first kappa shape index (κ1) is 17.3. The van der Waals surface area contributed by atoms with Crippen molar-refractivity contribution in [3.05, 3.63) is 40.2 Å². The van der Waals surface area contributed by atoms with Crippen molar-refractivity contribution in [3.63, 3.8) is 0 Å². The smallest absolute Gasteiger partial charge is 0.324 e. The minimum absolute atomic E-state index is 0.152. The molecule has 2 aromatic rings. The molecule has 1 N–H and O–H groups in total. The van der Waals surface area contributed by atoms with Crippen LogP contribution >= 0.6 is 11.6 Å². The van der Waals surface area contributed by atoms with Crippen LogP contribution in [0.15, 0.2) is 23.8 Å². The molecule has 1 aromatic carbocycles. The number of anilines is 1. The van der Waals surface area contributed by atoms with Gasteiger partial charge in [-0.15, -0.1) is 0 Å². The number of hydrogen-bond acceptors (Lipinski definition) is 4. The average Bonchev–Trinajstić information content (AvgIpc) is 2.93. The third kappa shape index (κ3) is 4.14. The zero-order chi connectivity index (χ0) is 18.0. The molecular weight excluding hydrogens is 347 g/mol. The number of nitrogens with zero attached hydrogens (tertiary/aromatic N) is 5. The number of aromatic nitrogens is 4. The first-order chi connectivity index (χ1) is 11.9. The second-order valence-electron chi connectivity index (χ2n) is 6.08. The van der Waals surface area contributed by atoms with E-state index in [0.29, 0.717) is 30.5 Å². The lowest BCUT2D eigenvalue weighted by atomic mass is 9.91. The van der Waals surface area contributed by atoms with E-state index in [9.17, 15) is 9.18 Å². The van der Waals surface area contributed by atoms with E-state index in [1.165, 1.54) is 16.8 Å². The van der Waals surface area contributed by atoms with E-state index >= 15 is 0 Å². The number of aryl methyl sites for hydroxylation is 1. The van der Waals surface area contributed by atoms with Crippen molar-refractivity contribution in [1.82, 2.24) is 25.1 Å². The second-order valence-corrected chi connectivity index (χ2v) is 6.51. The molecule has 1 fully saturated rings. The van der Waals surface area contributed by atoms with Gasteiger partial charge in [-0.2, -0.15) is 0 Å². The van der Waals surface area contributed by atoms with Crippen LogP contribution in [-0.4, -0.2) is 44.2 Å². The summed E-state index contributed by atoms with van der Waals surface area (Å²) in [7, 11) is 1.65. The zero-order valence-corrected chi connectivity index (χ0v) is 14.7. The number of amides is 2. The topological polar surface area (TPSA) is 75.9 Å². The average molecular weight is 365 g/mol. The molecule has 1 aliphatic rings. The van der Waals surface area contributed by atoms with Crippen LogP contribution in [0.5, 0.6) is 0 Å². The largest absolute Gasteiger partial charge is 0.324 e. The SMILES string of the molecule is CC1CN(C(=O)Nc2nnnn2C)CCC1=Cc1cc(F)cc(Cl)c1. The molecule has 0 saturated carbocycles. The number of nitrogens with one attached hydrogen (secondary N) is 1. The maximum Gasteiger partial charge on any atom is 0.324 e. The lowest BCUT2D eigenvalue weighted by molar-refractivity contribution is 0.197. The van der Waals surface area contributed by atoms with Crippen LogP contribution in [0.4, 0.5) is 15.1 Å². The van der Waals surface area contributed by atoms with E-state index in [0.717, 1.165) is 11.1 Å². The van der Waals surface area contributed by atoms with Gasteiger partial charge in [-0.05, 0) is 46.5 Å². The van der Waals surface area contributed by atoms with Crippen LogP contribution in [0.3, 0.4) is 0 Å². The summed E-state index contributed by atoms with van der Waals surface area (Å²) in [6, 6.07) is 4.22. The Bertz CT molecular complexity index is 800. The summed E-state index contributed by atoms with van der Waals surface area (Å²) in [5.74, 6) is 0.0914. The normalized spacial score (nSPS) is 19.3. The monoisotopic (exact) mass is 364 g/mol. The Morgan fingerprint density at radius 3 is 2.88 bits per heavy atom. The van der Waals surface area contributed by atoms with Crippen LogP contribution in [0.25, 0.3) is 6.08 Å². The van der Waals surface area contributed by atoms with Crippen molar-refractivity contribution in [2.75, 3.05) is 18.4 Å². The first-order valence-electron chi connectivity index (χ1n) is 7.87. The fourth-order valence-corrected chi connectivity index (χ4v) is 3.06. The number of tetrazole rings is 1. The van der Waals surface area contributed by atoms with Crippen LogP contribution in [0, 0.1) is 11.7 Å². The fourth-order valence-electron chi connectivity index (χ4n) is 2.83. The molecule has 9 heteroatoms. The van der Waals surface area contributed by atoms with Gasteiger partial charge in [-0.1, -0.05) is 35.3 Å². The Morgan fingerprint density at radius 2 is 2.24 bits per heavy atom. The van der Waals surface area contributed by atoms with Gasteiger partial charge in [0.25, 0.3) is 5.95 Å². The van der Waals surface area contributed by atoms with Gasteiger partial charge in [-0.3, -0.25) is 5.32 Å². The molecule has 3 rings (SSSR count). The molecule has 132 valence electrons. The van der Waals surface area contributed by atoms with Gasteiger partial charge in [0.15, 0.2) is 0 Å². The molecule has 1 unspecified atom stereocenters. The molecule has 0 bridgehead atoms. The predicted molar refractivity (Wildman–Crippen MR) is 92.6 cm³/mol. The number of benzene rings is 1. The fraction of sp³-hybridized carbons (Fsp3) is 0.375. The minimum atomic E-state index is -0.360. The third-order valence-corrected chi connectivity index (χ3v) is 4.38. The van der Waals surface area contributed by atoms with Crippen molar-refractivity contribution < 1.29 is 9.18 Å². The third-order valence-electron chi connectivity index (χ3n) is 4.16. The Morgan fingerprint density at radius 1 is 1.44 bits per heavy atom. The standard InChI is InChI=1S/C16H18ClFN6O/c1-10-9-24(16(25)19-15-20-21-22-23(15)2)4-3-12(10)5-11-6-13(17)8-14(18)7-11/h5-8,10H,3-4,9H2,1-2H3,(H,19,20,22,25). The zero-order valence-electron chi connectivity index (χ0n) is 13.9. The molecule has 1 aliphatic heterocycles. The molecular formula is C16H18ClFN6O. The Labute approximate surface area is 149 Å². The highest BCUT2D eigenvalue weighted by Gasteiger charge is 2.25. The summed E-state index contributed by atoms with van der Waals surface area (Å²) in [6.45, 7) is 3.17. The molecule has 2 heterocycles. The van der Waals surface area contributed by atoms with Gasteiger partial charge in [0.2, 0.25) is 0 Å². The lowest BCUT2D eigenvalue weighted by Crippen LogP contribution is -2.42. The number of urea groups is 1. The van der Waals surface area contributed by atoms with Crippen LogP contribution in [0.1, 0.15) is 18.9 Å². The van der Waals surface area contributed by atoms with Crippen molar-refractivity contribution >= 4 is 29.7 Å². The lowest BCUT2D eigenvalue weighted by Gasteiger charge is -2.33. The maximum absolute atomic E-state index is 13.5. The number of piperidine rings is 1. The summed E-state index contributed by atoms with van der Waals surface area (Å²) in [5, 5.41) is 14.0. The minimum Gasteiger partial charge on any atom is -0.324 e. The van der Waals surface area contributed by atoms with Gasteiger partial charge < -0.3 is 4.90 Å². The van der Waals surface area contributed by atoms with Crippen molar-refractivity contribution in [1.29, 1.82) is 0 Å². The number of carbonyl (C=O) groups excluding carboxylic acids is 1. The van der Waals surface area contributed by atoms with E-state index in [1.807, 2.05) is 13.0 Å². The summed E-state index contributed by atoms with van der Waals surface area (Å²) >= 11 is 5.90. The highest BCUT2D eigenvalue weighted by Crippen LogP contribution is 2.26. The van der Waals surface area contributed by atoms with Gasteiger partial charge >= 0.3 is 6.03 Å². The number of halogens is 2. The van der Waals surface area contributed by atoms with Crippen LogP contribution in [-0.2, 0) is 7.05 Å². The summed E-state index contributed by atoms with van der Waals surface area (Å²) in [5.41, 5.74) is 1.89. The van der Waals surface area contributed by atoms with Crippen LogP contribution in [0.2, 0.25) is 5.02 Å². The number of likely N-dealkylation sites (tertiary alicyclic amines) is 1. The molecule has 25 heavy (non-hydrogen) atoms. The number of rotatable bonds is 2. The van der Waals surface area contributed by atoms with E-state index in [-0.39, 0.29) is 17.8 Å².